The Balaban J connectivity index is 1.86. The zero-order valence-electron chi connectivity index (χ0n) is 11.1. The summed E-state index contributed by atoms with van der Waals surface area (Å²) in [7, 11) is 0. The molecule has 2 aromatic rings. The number of hydrogen-bond acceptors (Lipinski definition) is 4. The Hall–Kier alpha value is -1.81. The minimum absolute atomic E-state index is 0.195. The van der Waals surface area contributed by atoms with Crippen molar-refractivity contribution in [1.29, 1.82) is 0 Å². The van der Waals surface area contributed by atoms with Crippen molar-refractivity contribution in [2.75, 3.05) is 11.1 Å². The molecule has 1 aliphatic rings. The molecule has 1 heterocycles. The summed E-state index contributed by atoms with van der Waals surface area (Å²) in [6, 6.07) is 12.4. The zero-order chi connectivity index (χ0) is 13.9. The van der Waals surface area contributed by atoms with Gasteiger partial charge in [0.1, 0.15) is 11.0 Å². The lowest BCUT2D eigenvalue weighted by Crippen LogP contribution is -2.26. The third kappa shape index (κ3) is 2.85. The number of nitrogens with one attached hydrogen (secondary N) is 1. The van der Waals surface area contributed by atoms with E-state index in [-0.39, 0.29) is 12.0 Å². The van der Waals surface area contributed by atoms with Crippen LogP contribution in [0.1, 0.15) is 30.9 Å². The summed E-state index contributed by atoms with van der Waals surface area (Å²) in [4.78, 5) is 8.10. The molecule has 1 aliphatic carbocycles. The topological polar surface area (TPSA) is 63.8 Å². The number of anilines is 2. The second-order valence-corrected chi connectivity index (χ2v) is 5.55. The first-order valence-electron chi connectivity index (χ1n) is 6.84. The fourth-order valence-corrected chi connectivity index (χ4v) is 2.77. The van der Waals surface area contributed by atoms with E-state index in [1.807, 2.05) is 6.07 Å². The summed E-state index contributed by atoms with van der Waals surface area (Å²) in [5, 5.41) is 3.82. The van der Waals surface area contributed by atoms with Crippen LogP contribution in [0.15, 0.2) is 36.4 Å². The fraction of sp³-hybridized carbons (Fsp3) is 0.333. The molecule has 104 valence electrons. The predicted octanol–water partition coefficient (Wildman–Crippen LogP) is 3.67. The Morgan fingerprint density at radius 2 is 1.95 bits per heavy atom. The Morgan fingerprint density at radius 3 is 2.55 bits per heavy atom. The number of benzene rings is 1. The van der Waals surface area contributed by atoms with E-state index in [2.05, 4.69) is 39.6 Å². The van der Waals surface area contributed by atoms with Gasteiger partial charge in [0.2, 0.25) is 5.95 Å². The number of nitrogens with zero attached hydrogens (tertiary/aromatic N) is 2. The average molecular weight is 289 g/mol. The van der Waals surface area contributed by atoms with Gasteiger partial charge in [0, 0.05) is 6.07 Å². The van der Waals surface area contributed by atoms with Crippen molar-refractivity contribution >= 4 is 23.4 Å². The molecule has 0 amide bonds. The molecule has 3 N–H and O–H groups in total. The van der Waals surface area contributed by atoms with E-state index in [1.54, 1.807) is 6.07 Å². The van der Waals surface area contributed by atoms with E-state index >= 15 is 0 Å². The Kier molecular flexibility index (Phi) is 3.74. The highest BCUT2D eigenvalue weighted by Crippen LogP contribution is 2.39. The van der Waals surface area contributed by atoms with Gasteiger partial charge in [0.15, 0.2) is 0 Å². The molecule has 5 heteroatoms. The van der Waals surface area contributed by atoms with Crippen LogP contribution in [0.3, 0.4) is 0 Å². The van der Waals surface area contributed by atoms with Crippen LogP contribution in [-0.4, -0.2) is 9.97 Å². The second-order valence-electron chi connectivity index (χ2n) is 5.16. The first-order valence-corrected chi connectivity index (χ1v) is 7.22. The highest BCUT2D eigenvalue weighted by molar-refractivity contribution is 6.29. The summed E-state index contributed by atoms with van der Waals surface area (Å²) in [5.74, 6) is 1.51. The van der Waals surface area contributed by atoms with Crippen LogP contribution in [0.25, 0.3) is 0 Å². The fourth-order valence-electron chi connectivity index (χ4n) is 2.58. The molecule has 1 atom stereocenters. The summed E-state index contributed by atoms with van der Waals surface area (Å²) in [5.41, 5.74) is 6.92. The summed E-state index contributed by atoms with van der Waals surface area (Å²) in [6.45, 7) is 0. The van der Waals surface area contributed by atoms with Crippen molar-refractivity contribution in [2.45, 2.75) is 25.3 Å². The SMILES string of the molecule is Nc1nc(Cl)cc(NC(c2ccccc2)C2CCC2)n1. The van der Waals surface area contributed by atoms with E-state index in [1.165, 1.54) is 24.8 Å². The van der Waals surface area contributed by atoms with Crippen molar-refractivity contribution in [3.63, 3.8) is 0 Å². The largest absolute Gasteiger partial charge is 0.368 e. The third-order valence-corrected chi connectivity index (χ3v) is 3.99. The van der Waals surface area contributed by atoms with Crippen LogP contribution in [-0.2, 0) is 0 Å². The smallest absolute Gasteiger partial charge is 0.223 e. The minimum atomic E-state index is 0.195. The minimum Gasteiger partial charge on any atom is -0.368 e. The van der Waals surface area contributed by atoms with Crippen molar-refractivity contribution in [3.8, 4) is 0 Å². The highest BCUT2D eigenvalue weighted by Gasteiger charge is 2.28. The molecule has 0 saturated heterocycles. The van der Waals surface area contributed by atoms with Gasteiger partial charge < -0.3 is 11.1 Å². The molecule has 0 aliphatic heterocycles. The van der Waals surface area contributed by atoms with Crippen LogP contribution in [0, 0.1) is 5.92 Å². The Labute approximate surface area is 123 Å². The summed E-state index contributed by atoms with van der Waals surface area (Å²) in [6.07, 6.45) is 3.77. The van der Waals surface area contributed by atoms with Gasteiger partial charge in [-0.05, 0) is 24.3 Å². The van der Waals surface area contributed by atoms with E-state index in [9.17, 15) is 0 Å². The molecule has 20 heavy (non-hydrogen) atoms. The maximum absolute atomic E-state index is 5.94. The molecule has 1 unspecified atom stereocenters. The van der Waals surface area contributed by atoms with Crippen LogP contribution < -0.4 is 11.1 Å². The average Bonchev–Trinajstić information content (AvgIpc) is 2.36. The lowest BCUT2D eigenvalue weighted by molar-refractivity contribution is 0.277. The lowest BCUT2D eigenvalue weighted by Gasteiger charge is -2.35. The molecule has 0 spiro atoms. The molecule has 1 aromatic heterocycles. The molecule has 1 aromatic carbocycles. The summed E-state index contributed by atoms with van der Waals surface area (Å²) < 4.78 is 0. The number of nitrogens with two attached hydrogens (primary N) is 1. The molecule has 4 nitrogen and oxygen atoms in total. The maximum atomic E-state index is 5.94. The van der Waals surface area contributed by atoms with Gasteiger partial charge in [-0.25, -0.2) is 4.98 Å². The van der Waals surface area contributed by atoms with E-state index in [0.29, 0.717) is 16.9 Å². The van der Waals surface area contributed by atoms with Crippen molar-refractivity contribution in [2.24, 2.45) is 5.92 Å². The zero-order valence-corrected chi connectivity index (χ0v) is 11.8. The van der Waals surface area contributed by atoms with Gasteiger partial charge in [-0.2, -0.15) is 4.98 Å². The van der Waals surface area contributed by atoms with Gasteiger partial charge in [-0.3, -0.25) is 0 Å². The maximum Gasteiger partial charge on any atom is 0.223 e. The number of aromatic nitrogens is 2. The normalized spacial score (nSPS) is 16.4. The first kappa shape index (κ1) is 13.2. The van der Waals surface area contributed by atoms with Gasteiger partial charge in [0.25, 0.3) is 0 Å². The van der Waals surface area contributed by atoms with Crippen LogP contribution in [0.4, 0.5) is 11.8 Å². The van der Waals surface area contributed by atoms with E-state index in [4.69, 9.17) is 17.3 Å². The van der Waals surface area contributed by atoms with Crippen LogP contribution in [0.5, 0.6) is 0 Å². The van der Waals surface area contributed by atoms with Gasteiger partial charge in [0.05, 0.1) is 6.04 Å². The number of nitrogen functional groups attached to an aromatic ring is 1. The van der Waals surface area contributed by atoms with Gasteiger partial charge in [-0.15, -0.1) is 0 Å². The van der Waals surface area contributed by atoms with Crippen LogP contribution >= 0.6 is 11.6 Å². The highest BCUT2D eigenvalue weighted by atomic mass is 35.5. The third-order valence-electron chi connectivity index (χ3n) is 3.80. The number of rotatable bonds is 4. The van der Waals surface area contributed by atoms with Crippen molar-refractivity contribution in [1.82, 2.24) is 9.97 Å². The second kappa shape index (κ2) is 5.67. The van der Waals surface area contributed by atoms with Crippen molar-refractivity contribution < 1.29 is 0 Å². The molecule has 1 fully saturated rings. The first-order chi connectivity index (χ1) is 9.72. The van der Waals surface area contributed by atoms with E-state index < -0.39 is 0 Å². The standard InChI is InChI=1S/C15H17ClN4/c16-12-9-13(20-15(17)18-12)19-14(11-7-4-8-11)10-5-2-1-3-6-10/h1-3,5-6,9,11,14H,4,7-8H2,(H3,17,18,19,20). The number of hydrogen-bond donors (Lipinski definition) is 2. The monoisotopic (exact) mass is 288 g/mol. The molecule has 0 bridgehead atoms. The molecule has 3 rings (SSSR count). The van der Waals surface area contributed by atoms with Gasteiger partial charge >= 0.3 is 0 Å². The molecule has 1 saturated carbocycles. The molecule has 0 radical (unpaired) electrons. The molecular formula is C15H17ClN4. The molecular weight excluding hydrogens is 272 g/mol. The quantitative estimate of drug-likeness (QED) is 0.843. The number of halogens is 1. The Bertz CT molecular complexity index is 563. The van der Waals surface area contributed by atoms with Gasteiger partial charge in [-0.1, -0.05) is 48.4 Å². The predicted molar refractivity (Wildman–Crippen MR) is 81.6 cm³/mol. The summed E-state index contributed by atoms with van der Waals surface area (Å²) >= 11 is 5.94. The Morgan fingerprint density at radius 1 is 1.20 bits per heavy atom. The van der Waals surface area contributed by atoms with E-state index in [0.717, 1.165) is 0 Å². The van der Waals surface area contributed by atoms with Crippen molar-refractivity contribution in [3.05, 3.63) is 47.1 Å². The lowest BCUT2D eigenvalue weighted by atomic mass is 9.77. The van der Waals surface area contributed by atoms with Crippen LogP contribution in [0.2, 0.25) is 5.15 Å².